The second kappa shape index (κ2) is 6.40. The first kappa shape index (κ1) is 14.9. The lowest BCUT2D eigenvalue weighted by Gasteiger charge is -2.42. The van der Waals surface area contributed by atoms with Crippen molar-refractivity contribution in [2.24, 2.45) is 5.41 Å². The van der Waals surface area contributed by atoms with Crippen LogP contribution in [0.1, 0.15) is 18.4 Å². The number of anilines is 1. The van der Waals surface area contributed by atoms with E-state index < -0.39 is 0 Å². The summed E-state index contributed by atoms with van der Waals surface area (Å²) in [5.41, 5.74) is 0.312. The van der Waals surface area contributed by atoms with Crippen LogP contribution in [0.4, 0.5) is 10.3 Å². The molecule has 4 nitrogen and oxygen atoms in total. The number of nitrogens with zero attached hydrogens (tertiary/aromatic N) is 3. The van der Waals surface area contributed by atoms with Crippen LogP contribution in [-0.4, -0.2) is 34.8 Å². The summed E-state index contributed by atoms with van der Waals surface area (Å²) in [6.45, 7) is 1.54. The van der Waals surface area contributed by atoms with Gasteiger partial charge in [-0.1, -0.05) is 18.2 Å². The summed E-state index contributed by atoms with van der Waals surface area (Å²) in [4.78, 5) is 10.7. The highest BCUT2D eigenvalue weighted by molar-refractivity contribution is 5.31. The highest BCUT2D eigenvalue weighted by Crippen LogP contribution is 2.35. The Morgan fingerprint density at radius 3 is 2.68 bits per heavy atom. The molecular weight excluding hydrogens is 281 g/mol. The van der Waals surface area contributed by atoms with Gasteiger partial charge < -0.3 is 10.0 Å². The van der Waals surface area contributed by atoms with Crippen molar-refractivity contribution in [1.82, 2.24) is 9.97 Å². The molecule has 0 spiro atoms. The number of rotatable bonds is 4. The molecule has 5 heteroatoms. The second-order valence-corrected chi connectivity index (χ2v) is 6.00. The van der Waals surface area contributed by atoms with Gasteiger partial charge in [-0.15, -0.1) is 0 Å². The first-order valence-corrected chi connectivity index (χ1v) is 7.59. The highest BCUT2D eigenvalue weighted by atomic mass is 19.1. The number of hydrogen-bond donors (Lipinski definition) is 1. The third-order valence-electron chi connectivity index (χ3n) is 4.36. The van der Waals surface area contributed by atoms with Crippen LogP contribution in [-0.2, 0) is 6.42 Å². The summed E-state index contributed by atoms with van der Waals surface area (Å²) in [6.07, 6.45) is 5.77. The molecule has 0 radical (unpaired) electrons. The lowest BCUT2D eigenvalue weighted by molar-refractivity contribution is 0.104. The molecule has 1 unspecified atom stereocenters. The standard InChI is InChI=1S/C17H20FN3O/c18-15-6-2-1-5-14(15)11-17(13-22)7-3-10-21(12-17)16-19-8-4-9-20-16/h1-2,4-6,8-9,22H,3,7,10-13H2. The summed E-state index contributed by atoms with van der Waals surface area (Å²) < 4.78 is 14.0. The zero-order valence-corrected chi connectivity index (χ0v) is 12.5. The van der Waals surface area contributed by atoms with Gasteiger partial charge in [-0.3, -0.25) is 0 Å². The van der Waals surface area contributed by atoms with Crippen molar-refractivity contribution in [3.05, 3.63) is 54.1 Å². The van der Waals surface area contributed by atoms with Crippen molar-refractivity contribution in [2.75, 3.05) is 24.6 Å². The van der Waals surface area contributed by atoms with Gasteiger partial charge in [0.2, 0.25) is 5.95 Å². The van der Waals surface area contributed by atoms with Gasteiger partial charge in [0.25, 0.3) is 0 Å². The Kier molecular flexibility index (Phi) is 4.34. The fraction of sp³-hybridized carbons (Fsp3) is 0.412. The van der Waals surface area contributed by atoms with E-state index in [0.717, 1.165) is 19.4 Å². The maximum absolute atomic E-state index is 14.0. The minimum atomic E-state index is -0.348. The van der Waals surface area contributed by atoms with Crippen LogP contribution in [0.5, 0.6) is 0 Å². The molecule has 1 aliphatic rings. The Hall–Kier alpha value is -2.01. The monoisotopic (exact) mass is 301 g/mol. The molecule has 1 aromatic heterocycles. The summed E-state index contributed by atoms with van der Waals surface area (Å²) >= 11 is 0. The predicted molar refractivity (Wildman–Crippen MR) is 83.1 cm³/mol. The number of benzene rings is 1. The number of aliphatic hydroxyl groups is 1. The molecule has 0 aliphatic carbocycles. The first-order chi connectivity index (χ1) is 10.7. The highest BCUT2D eigenvalue weighted by Gasteiger charge is 2.36. The Labute approximate surface area is 129 Å². The third-order valence-corrected chi connectivity index (χ3v) is 4.36. The largest absolute Gasteiger partial charge is 0.396 e. The molecule has 22 heavy (non-hydrogen) atoms. The lowest BCUT2D eigenvalue weighted by atomic mass is 9.75. The molecular formula is C17H20FN3O. The van der Waals surface area contributed by atoms with Crippen molar-refractivity contribution < 1.29 is 9.50 Å². The van der Waals surface area contributed by atoms with Gasteiger partial charge in [-0.05, 0) is 37.0 Å². The van der Waals surface area contributed by atoms with Gasteiger partial charge in [-0.2, -0.15) is 0 Å². The summed E-state index contributed by atoms with van der Waals surface area (Å²) in [7, 11) is 0. The number of aliphatic hydroxyl groups excluding tert-OH is 1. The summed E-state index contributed by atoms with van der Waals surface area (Å²) in [6, 6.07) is 8.58. The zero-order valence-electron chi connectivity index (χ0n) is 12.5. The van der Waals surface area contributed by atoms with Crippen molar-refractivity contribution >= 4 is 5.95 Å². The molecule has 0 bridgehead atoms. The van der Waals surface area contributed by atoms with Gasteiger partial charge in [0.1, 0.15) is 5.82 Å². The fourth-order valence-corrected chi connectivity index (χ4v) is 3.21. The summed E-state index contributed by atoms with van der Waals surface area (Å²) in [5.74, 6) is 0.469. The van der Waals surface area contributed by atoms with E-state index >= 15 is 0 Å². The minimum Gasteiger partial charge on any atom is -0.396 e. The molecule has 1 N–H and O–H groups in total. The third kappa shape index (κ3) is 3.09. The molecule has 1 fully saturated rings. The molecule has 3 rings (SSSR count). The Morgan fingerprint density at radius 2 is 1.95 bits per heavy atom. The quantitative estimate of drug-likeness (QED) is 0.942. The maximum atomic E-state index is 14.0. The van der Waals surface area contributed by atoms with Crippen LogP contribution in [0, 0.1) is 11.2 Å². The van der Waals surface area contributed by atoms with Crippen molar-refractivity contribution in [2.45, 2.75) is 19.3 Å². The van der Waals surface area contributed by atoms with Crippen molar-refractivity contribution in [3.8, 4) is 0 Å². The topological polar surface area (TPSA) is 49.2 Å². The van der Waals surface area contributed by atoms with E-state index in [9.17, 15) is 9.50 Å². The average Bonchev–Trinajstić information content (AvgIpc) is 2.58. The molecule has 1 aromatic carbocycles. The van der Waals surface area contributed by atoms with Crippen LogP contribution in [0.3, 0.4) is 0 Å². The molecule has 1 aliphatic heterocycles. The normalized spacial score (nSPS) is 21.8. The van der Waals surface area contributed by atoms with Crippen molar-refractivity contribution in [1.29, 1.82) is 0 Å². The number of aromatic nitrogens is 2. The molecule has 2 aromatic rings. The summed E-state index contributed by atoms with van der Waals surface area (Å²) in [5, 5.41) is 9.97. The van der Waals surface area contributed by atoms with Gasteiger partial charge in [0.05, 0.1) is 6.61 Å². The Bertz CT molecular complexity index is 622. The molecule has 1 atom stereocenters. The maximum Gasteiger partial charge on any atom is 0.225 e. The molecule has 1 saturated heterocycles. The van der Waals surface area contributed by atoms with Crippen molar-refractivity contribution in [3.63, 3.8) is 0 Å². The first-order valence-electron chi connectivity index (χ1n) is 7.59. The van der Waals surface area contributed by atoms with E-state index in [2.05, 4.69) is 14.9 Å². The Morgan fingerprint density at radius 1 is 1.18 bits per heavy atom. The van der Waals surface area contributed by atoms with E-state index in [4.69, 9.17) is 0 Å². The Balaban J connectivity index is 1.82. The van der Waals surface area contributed by atoms with Crippen LogP contribution >= 0.6 is 0 Å². The van der Waals surface area contributed by atoms with Gasteiger partial charge >= 0.3 is 0 Å². The zero-order chi connectivity index (χ0) is 15.4. The lowest BCUT2D eigenvalue weighted by Crippen LogP contribution is -2.47. The molecule has 2 heterocycles. The fourth-order valence-electron chi connectivity index (χ4n) is 3.21. The smallest absolute Gasteiger partial charge is 0.225 e. The van der Waals surface area contributed by atoms with E-state index in [1.54, 1.807) is 30.6 Å². The number of halogens is 1. The number of piperidine rings is 1. The van der Waals surface area contributed by atoms with E-state index in [1.807, 2.05) is 6.07 Å². The van der Waals surface area contributed by atoms with Crippen LogP contribution in [0.25, 0.3) is 0 Å². The van der Waals surface area contributed by atoms with Gasteiger partial charge in [0, 0.05) is 30.9 Å². The number of hydrogen-bond acceptors (Lipinski definition) is 4. The SMILES string of the molecule is OCC1(Cc2ccccc2F)CCCN(c2ncccn2)C1. The van der Waals surface area contributed by atoms with E-state index in [-0.39, 0.29) is 17.8 Å². The minimum absolute atomic E-state index is 0.0324. The van der Waals surface area contributed by atoms with Gasteiger partial charge in [-0.25, -0.2) is 14.4 Å². The predicted octanol–water partition coefficient (Wildman–Crippen LogP) is 2.44. The van der Waals surface area contributed by atoms with E-state index in [1.165, 1.54) is 6.07 Å². The van der Waals surface area contributed by atoms with E-state index in [0.29, 0.717) is 24.5 Å². The average molecular weight is 301 g/mol. The van der Waals surface area contributed by atoms with Gasteiger partial charge in [0.15, 0.2) is 0 Å². The second-order valence-electron chi connectivity index (χ2n) is 6.00. The molecule has 0 saturated carbocycles. The van der Waals surface area contributed by atoms with Crippen LogP contribution in [0.15, 0.2) is 42.7 Å². The van der Waals surface area contributed by atoms with Crippen LogP contribution < -0.4 is 4.90 Å². The molecule has 0 amide bonds. The molecule has 116 valence electrons. The van der Waals surface area contributed by atoms with Crippen LogP contribution in [0.2, 0.25) is 0 Å².